The summed E-state index contributed by atoms with van der Waals surface area (Å²) in [5.74, 6) is -0.859. The Morgan fingerprint density at radius 2 is 1.50 bits per heavy atom. The molecule has 0 unspecified atom stereocenters. The SMILES string of the molecule is NC(=NC(=O)CCO)[C@@H](CC(=O)Cc1ccc(Cl)cc1)Cc1ccc(Cl)cc1. The summed E-state index contributed by atoms with van der Waals surface area (Å²) in [6.07, 6.45) is 0.734. The van der Waals surface area contributed by atoms with Crippen LogP contribution in [0.2, 0.25) is 10.0 Å². The average molecular weight is 421 g/mol. The molecule has 2 aromatic carbocycles. The van der Waals surface area contributed by atoms with Crippen LogP contribution in [0.5, 0.6) is 0 Å². The third-order valence-corrected chi connectivity index (χ3v) is 4.69. The molecule has 28 heavy (non-hydrogen) atoms. The summed E-state index contributed by atoms with van der Waals surface area (Å²) in [4.78, 5) is 28.2. The maximum absolute atomic E-state index is 12.6. The second kappa shape index (κ2) is 11.0. The van der Waals surface area contributed by atoms with Crippen LogP contribution in [0, 0.1) is 5.92 Å². The number of hydrogen-bond acceptors (Lipinski definition) is 3. The van der Waals surface area contributed by atoms with Crippen LogP contribution in [0.1, 0.15) is 24.0 Å². The first-order chi connectivity index (χ1) is 13.4. The number of halogens is 2. The van der Waals surface area contributed by atoms with Gasteiger partial charge in [0.2, 0.25) is 5.91 Å². The van der Waals surface area contributed by atoms with Gasteiger partial charge < -0.3 is 10.8 Å². The molecule has 7 heteroatoms. The summed E-state index contributed by atoms with van der Waals surface area (Å²) in [7, 11) is 0. The lowest BCUT2D eigenvalue weighted by molar-refractivity contribution is -0.120. The molecule has 3 N–H and O–H groups in total. The van der Waals surface area contributed by atoms with E-state index < -0.39 is 11.8 Å². The molecule has 0 aliphatic carbocycles. The quantitative estimate of drug-likeness (QED) is 0.478. The van der Waals surface area contributed by atoms with E-state index in [1.807, 2.05) is 12.1 Å². The fraction of sp³-hybridized carbons (Fsp3) is 0.286. The van der Waals surface area contributed by atoms with E-state index in [1.165, 1.54) is 0 Å². The van der Waals surface area contributed by atoms with E-state index in [9.17, 15) is 9.59 Å². The molecule has 2 aromatic rings. The van der Waals surface area contributed by atoms with Crippen LogP contribution in [-0.2, 0) is 22.4 Å². The second-order valence-electron chi connectivity index (χ2n) is 6.48. The summed E-state index contributed by atoms with van der Waals surface area (Å²) in [6.45, 7) is -0.299. The van der Waals surface area contributed by atoms with Gasteiger partial charge in [-0.25, -0.2) is 4.99 Å². The number of Topliss-reactive ketones (excluding diaryl/α,β-unsaturated/α-hetero) is 1. The van der Waals surface area contributed by atoms with Crippen molar-refractivity contribution in [3.63, 3.8) is 0 Å². The van der Waals surface area contributed by atoms with E-state index in [2.05, 4.69) is 4.99 Å². The maximum atomic E-state index is 12.6. The molecular weight excluding hydrogens is 399 g/mol. The standard InChI is InChI=1S/C21H22Cl2N2O3/c22-17-5-1-14(2-6-17)11-16(21(24)25-20(28)9-10-26)13-19(27)12-15-3-7-18(23)8-4-15/h1-8,16,26H,9-13H2,(H2,24,25,28)/t16-/m1/s1. The van der Waals surface area contributed by atoms with Gasteiger partial charge in [-0.1, -0.05) is 47.5 Å². The zero-order valence-electron chi connectivity index (χ0n) is 15.3. The Morgan fingerprint density at radius 3 is 2.04 bits per heavy atom. The molecule has 1 amide bonds. The first-order valence-corrected chi connectivity index (χ1v) is 9.61. The van der Waals surface area contributed by atoms with Gasteiger partial charge in [-0.3, -0.25) is 9.59 Å². The van der Waals surface area contributed by atoms with E-state index in [-0.39, 0.29) is 37.5 Å². The van der Waals surface area contributed by atoms with Crippen molar-refractivity contribution in [2.24, 2.45) is 16.6 Å². The Balaban J connectivity index is 2.13. The Labute approximate surface area is 174 Å². The Kier molecular flexibility index (Phi) is 8.64. The predicted octanol–water partition coefficient (Wildman–Crippen LogP) is 3.62. The van der Waals surface area contributed by atoms with Crippen molar-refractivity contribution in [2.75, 3.05) is 6.61 Å². The molecule has 0 saturated carbocycles. The molecule has 1 atom stereocenters. The van der Waals surface area contributed by atoms with Crippen LogP contribution in [-0.4, -0.2) is 29.2 Å². The monoisotopic (exact) mass is 420 g/mol. The largest absolute Gasteiger partial charge is 0.396 e. The summed E-state index contributed by atoms with van der Waals surface area (Å²) in [5.41, 5.74) is 7.83. The average Bonchev–Trinajstić information content (AvgIpc) is 2.65. The van der Waals surface area contributed by atoms with Gasteiger partial charge in [0.25, 0.3) is 0 Å². The molecule has 0 bridgehead atoms. The van der Waals surface area contributed by atoms with Gasteiger partial charge in [-0.05, 0) is 41.8 Å². The Bertz CT molecular complexity index is 834. The molecule has 0 aliphatic heterocycles. The van der Waals surface area contributed by atoms with Crippen LogP contribution in [0.3, 0.4) is 0 Å². The number of hydrogen-bond donors (Lipinski definition) is 2. The minimum absolute atomic E-state index is 0.0194. The van der Waals surface area contributed by atoms with Crippen LogP contribution in [0.4, 0.5) is 0 Å². The molecule has 0 fully saturated rings. The number of amides is 1. The fourth-order valence-electron chi connectivity index (χ4n) is 2.75. The van der Waals surface area contributed by atoms with Crippen LogP contribution in [0.15, 0.2) is 53.5 Å². The molecule has 0 aliphatic rings. The first-order valence-electron chi connectivity index (χ1n) is 8.85. The van der Waals surface area contributed by atoms with Crippen LogP contribution >= 0.6 is 23.2 Å². The van der Waals surface area contributed by atoms with Gasteiger partial charge in [0.05, 0.1) is 13.0 Å². The first kappa shape index (κ1) is 22.1. The molecular formula is C21H22Cl2N2O3. The van der Waals surface area contributed by atoms with Gasteiger partial charge in [0, 0.05) is 28.8 Å². The fourth-order valence-corrected chi connectivity index (χ4v) is 3.00. The minimum atomic E-state index is -0.508. The molecule has 0 saturated heterocycles. The molecule has 0 spiro atoms. The lowest BCUT2D eigenvalue weighted by Gasteiger charge is -2.16. The smallest absolute Gasteiger partial charge is 0.249 e. The molecule has 0 radical (unpaired) electrons. The highest BCUT2D eigenvalue weighted by molar-refractivity contribution is 6.30. The lowest BCUT2D eigenvalue weighted by atomic mass is 9.91. The van der Waals surface area contributed by atoms with E-state index >= 15 is 0 Å². The van der Waals surface area contributed by atoms with Crippen LogP contribution in [0.25, 0.3) is 0 Å². The highest BCUT2D eigenvalue weighted by atomic mass is 35.5. The minimum Gasteiger partial charge on any atom is -0.396 e. The number of amidine groups is 1. The van der Waals surface area contributed by atoms with Crippen molar-refractivity contribution in [3.05, 3.63) is 69.7 Å². The van der Waals surface area contributed by atoms with Crippen molar-refractivity contribution in [1.29, 1.82) is 0 Å². The summed E-state index contributed by atoms with van der Waals surface area (Å²) < 4.78 is 0. The molecule has 0 aromatic heterocycles. The number of nitrogens with two attached hydrogens (primary N) is 1. The molecule has 2 rings (SSSR count). The summed E-state index contributed by atoms with van der Waals surface area (Å²) in [5, 5.41) is 10.1. The van der Waals surface area contributed by atoms with Gasteiger partial charge in [0.15, 0.2) is 0 Å². The maximum Gasteiger partial charge on any atom is 0.249 e. The summed E-state index contributed by atoms with van der Waals surface area (Å²) >= 11 is 11.8. The molecule has 5 nitrogen and oxygen atoms in total. The Morgan fingerprint density at radius 1 is 0.964 bits per heavy atom. The van der Waals surface area contributed by atoms with E-state index in [4.69, 9.17) is 34.0 Å². The van der Waals surface area contributed by atoms with Gasteiger partial charge >= 0.3 is 0 Å². The van der Waals surface area contributed by atoms with Crippen molar-refractivity contribution in [3.8, 4) is 0 Å². The number of aliphatic imine (C=N–C) groups is 1. The number of nitrogens with zero attached hydrogens (tertiary/aromatic N) is 1. The van der Waals surface area contributed by atoms with E-state index in [1.54, 1.807) is 36.4 Å². The second-order valence-corrected chi connectivity index (χ2v) is 7.35. The highest BCUT2D eigenvalue weighted by Gasteiger charge is 2.20. The number of ketones is 1. The van der Waals surface area contributed by atoms with Crippen molar-refractivity contribution in [2.45, 2.75) is 25.7 Å². The number of carbonyl (C=O) groups excluding carboxylic acids is 2. The zero-order chi connectivity index (χ0) is 20.5. The number of aliphatic hydroxyl groups is 1. The summed E-state index contributed by atoms with van der Waals surface area (Å²) in [6, 6.07) is 14.3. The lowest BCUT2D eigenvalue weighted by Crippen LogP contribution is -2.29. The van der Waals surface area contributed by atoms with Gasteiger partial charge in [-0.2, -0.15) is 0 Å². The Hall–Kier alpha value is -2.21. The van der Waals surface area contributed by atoms with Crippen LogP contribution < -0.4 is 5.73 Å². The topological polar surface area (TPSA) is 92.8 Å². The highest BCUT2D eigenvalue weighted by Crippen LogP contribution is 2.18. The number of benzene rings is 2. The zero-order valence-corrected chi connectivity index (χ0v) is 16.8. The van der Waals surface area contributed by atoms with Crippen molar-refractivity contribution < 1.29 is 14.7 Å². The number of aliphatic hydroxyl groups excluding tert-OH is 1. The molecule has 0 heterocycles. The third kappa shape index (κ3) is 7.43. The predicted molar refractivity (Wildman–Crippen MR) is 112 cm³/mol. The third-order valence-electron chi connectivity index (χ3n) is 4.18. The van der Waals surface area contributed by atoms with Crippen molar-refractivity contribution >= 4 is 40.7 Å². The van der Waals surface area contributed by atoms with E-state index in [0.717, 1.165) is 11.1 Å². The molecule has 148 valence electrons. The number of carbonyl (C=O) groups is 2. The van der Waals surface area contributed by atoms with Crippen molar-refractivity contribution in [1.82, 2.24) is 0 Å². The number of rotatable bonds is 9. The van der Waals surface area contributed by atoms with E-state index in [0.29, 0.717) is 16.5 Å². The van der Waals surface area contributed by atoms with Gasteiger partial charge in [-0.15, -0.1) is 0 Å². The normalized spacial score (nSPS) is 12.6. The van der Waals surface area contributed by atoms with Gasteiger partial charge in [0.1, 0.15) is 11.6 Å².